The van der Waals surface area contributed by atoms with Crippen LogP contribution in [-0.2, 0) is 9.53 Å². The zero-order valence-electron chi connectivity index (χ0n) is 20.4. The topological polar surface area (TPSA) is 95.9 Å². The second kappa shape index (κ2) is 11.1. The quantitative estimate of drug-likeness (QED) is 0.478. The fourth-order valence-electron chi connectivity index (χ4n) is 4.93. The Hall–Kier alpha value is -4.13. The minimum atomic E-state index is -1.13. The monoisotopic (exact) mass is 486 g/mol. The van der Waals surface area contributed by atoms with Crippen LogP contribution in [0.1, 0.15) is 54.1 Å². The molecule has 1 fully saturated rings. The molecule has 1 atom stereocenters. The van der Waals surface area contributed by atoms with Gasteiger partial charge in [0, 0.05) is 12.5 Å². The molecule has 1 aliphatic heterocycles. The predicted octanol–water partition coefficient (Wildman–Crippen LogP) is 5.76. The maximum Gasteiger partial charge on any atom is 0.410 e. The van der Waals surface area contributed by atoms with E-state index in [-0.39, 0.29) is 23.8 Å². The minimum Gasteiger partial charge on any atom is -0.478 e. The lowest BCUT2D eigenvalue weighted by Gasteiger charge is -2.24. The maximum absolute atomic E-state index is 13.0. The smallest absolute Gasteiger partial charge is 0.410 e. The molecular formula is C29H30N2O5. The van der Waals surface area contributed by atoms with Crippen LogP contribution in [0.5, 0.6) is 0 Å². The number of nitrogens with one attached hydrogen (secondary N) is 1. The summed E-state index contributed by atoms with van der Waals surface area (Å²) in [5, 5.41) is 12.0. The summed E-state index contributed by atoms with van der Waals surface area (Å²) in [6, 6.07) is 21.7. The Morgan fingerprint density at radius 1 is 0.917 bits per heavy atom. The number of carboxylic acids is 1. The van der Waals surface area contributed by atoms with Crippen molar-refractivity contribution >= 4 is 23.7 Å². The summed E-state index contributed by atoms with van der Waals surface area (Å²) >= 11 is 0. The largest absolute Gasteiger partial charge is 0.478 e. The van der Waals surface area contributed by atoms with Gasteiger partial charge in [-0.25, -0.2) is 9.59 Å². The van der Waals surface area contributed by atoms with E-state index in [9.17, 15) is 19.5 Å². The Balaban J connectivity index is 0.00000148. The molecule has 1 heterocycles. The molecule has 0 aromatic heterocycles. The predicted molar refractivity (Wildman–Crippen MR) is 138 cm³/mol. The summed E-state index contributed by atoms with van der Waals surface area (Å²) in [6.07, 6.45) is 0.625. The Morgan fingerprint density at radius 2 is 1.50 bits per heavy atom. The van der Waals surface area contributed by atoms with Crippen LogP contribution in [0.25, 0.3) is 11.1 Å². The highest BCUT2D eigenvalue weighted by Gasteiger charge is 2.37. The molecular weight excluding hydrogens is 456 g/mol. The third-order valence-electron chi connectivity index (χ3n) is 6.54. The third kappa shape index (κ3) is 4.82. The number of aromatic carboxylic acids is 1. The van der Waals surface area contributed by atoms with Gasteiger partial charge in [-0.15, -0.1) is 0 Å². The fraction of sp³-hybridized carbons (Fsp3) is 0.276. The summed E-state index contributed by atoms with van der Waals surface area (Å²) in [4.78, 5) is 38.8. The molecule has 2 N–H and O–H groups in total. The maximum atomic E-state index is 13.0. The first-order valence-electron chi connectivity index (χ1n) is 12.3. The average molecular weight is 487 g/mol. The van der Waals surface area contributed by atoms with E-state index in [2.05, 4.69) is 29.6 Å². The van der Waals surface area contributed by atoms with Crippen molar-refractivity contribution in [2.45, 2.75) is 38.6 Å². The number of amides is 2. The summed E-state index contributed by atoms with van der Waals surface area (Å²) in [7, 11) is 0. The lowest BCUT2D eigenvalue weighted by molar-refractivity contribution is -0.120. The van der Waals surface area contributed by atoms with Gasteiger partial charge in [0.05, 0.1) is 11.3 Å². The number of carbonyl (C=O) groups is 3. The normalized spacial score (nSPS) is 15.8. The highest BCUT2D eigenvalue weighted by atomic mass is 16.6. The molecule has 2 aliphatic rings. The molecule has 2 amide bonds. The van der Waals surface area contributed by atoms with E-state index in [1.807, 2.05) is 38.1 Å². The summed E-state index contributed by atoms with van der Waals surface area (Å²) in [5.41, 5.74) is 4.75. The van der Waals surface area contributed by atoms with Gasteiger partial charge >= 0.3 is 12.1 Å². The molecule has 186 valence electrons. The fourth-order valence-corrected chi connectivity index (χ4v) is 4.93. The number of carbonyl (C=O) groups excluding carboxylic acids is 2. The van der Waals surface area contributed by atoms with Crippen LogP contribution in [0, 0.1) is 0 Å². The summed E-state index contributed by atoms with van der Waals surface area (Å²) < 4.78 is 5.73. The SMILES string of the molecule is CC.O=C(O)c1ccccc1NC(=O)C1CCCN1C(=O)OCC1c2ccccc2-c2ccccc21. The molecule has 0 bridgehead atoms. The van der Waals surface area contributed by atoms with Crippen molar-refractivity contribution in [2.75, 3.05) is 18.5 Å². The molecule has 1 saturated heterocycles. The Kier molecular flexibility index (Phi) is 7.68. The van der Waals surface area contributed by atoms with E-state index in [4.69, 9.17) is 4.74 Å². The van der Waals surface area contributed by atoms with E-state index < -0.39 is 24.0 Å². The molecule has 0 radical (unpaired) electrons. The van der Waals surface area contributed by atoms with Gasteiger partial charge in [0.1, 0.15) is 12.6 Å². The number of carboxylic acid groups (broad SMARTS) is 1. The van der Waals surface area contributed by atoms with Crippen LogP contribution in [0.3, 0.4) is 0 Å². The van der Waals surface area contributed by atoms with Crippen LogP contribution in [0.4, 0.5) is 10.5 Å². The van der Waals surface area contributed by atoms with Gasteiger partial charge < -0.3 is 15.2 Å². The number of likely N-dealkylation sites (tertiary alicyclic amines) is 1. The van der Waals surface area contributed by atoms with Crippen LogP contribution in [0.15, 0.2) is 72.8 Å². The molecule has 3 aromatic carbocycles. The zero-order chi connectivity index (χ0) is 25.7. The van der Waals surface area contributed by atoms with Crippen molar-refractivity contribution in [2.24, 2.45) is 0 Å². The van der Waals surface area contributed by atoms with Gasteiger partial charge in [0.25, 0.3) is 0 Å². The second-order valence-corrected chi connectivity index (χ2v) is 8.50. The van der Waals surface area contributed by atoms with E-state index in [0.717, 1.165) is 22.3 Å². The summed E-state index contributed by atoms with van der Waals surface area (Å²) in [5.74, 6) is -1.61. The van der Waals surface area contributed by atoms with Gasteiger partial charge in [-0.2, -0.15) is 0 Å². The van der Waals surface area contributed by atoms with Crippen molar-refractivity contribution in [3.05, 3.63) is 89.5 Å². The third-order valence-corrected chi connectivity index (χ3v) is 6.54. The number of nitrogens with zero attached hydrogens (tertiary/aromatic N) is 1. The van der Waals surface area contributed by atoms with Gasteiger partial charge in [-0.3, -0.25) is 9.69 Å². The molecule has 7 nitrogen and oxygen atoms in total. The lowest BCUT2D eigenvalue weighted by Crippen LogP contribution is -2.43. The molecule has 3 aromatic rings. The van der Waals surface area contributed by atoms with Crippen LogP contribution in [-0.4, -0.2) is 47.2 Å². The van der Waals surface area contributed by atoms with Gasteiger partial charge in [-0.1, -0.05) is 74.5 Å². The standard InChI is InChI=1S/C27H24N2O5.C2H6/c30-25(28-23-13-6-5-12-21(23)26(31)32)24-14-7-15-29(24)27(33)34-16-22-19-10-3-1-8-17(19)18-9-2-4-11-20(18)22;1-2/h1-6,8-13,22,24H,7,14-16H2,(H,28,30)(H,31,32);1-2H3. The van der Waals surface area contributed by atoms with E-state index in [0.29, 0.717) is 19.4 Å². The molecule has 5 rings (SSSR count). The van der Waals surface area contributed by atoms with Gasteiger partial charge in [0.15, 0.2) is 0 Å². The van der Waals surface area contributed by atoms with Crippen molar-refractivity contribution in [3.8, 4) is 11.1 Å². The number of rotatable bonds is 5. The number of para-hydroxylation sites is 1. The second-order valence-electron chi connectivity index (χ2n) is 8.50. The first-order chi connectivity index (χ1) is 17.5. The Labute approximate surface area is 210 Å². The van der Waals surface area contributed by atoms with Crippen LogP contribution >= 0.6 is 0 Å². The van der Waals surface area contributed by atoms with Crippen molar-refractivity contribution < 1.29 is 24.2 Å². The molecule has 1 aliphatic carbocycles. The van der Waals surface area contributed by atoms with E-state index in [1.54, 1.807) is 12.1 Å². The number of fused-ring (bicyclic) bond motifs is 3. The number of anilines is 1. The van der Waals surface area contributed by atoms with E-state index >= 15 is 0 Å². The Bertz CT molecular complexity index is 1230. The van der Waals surface area contributed by atoms with Gasteiger partial charge in [0.2, 0.25) is 5.91 Å². The first-order valence-corrected chi connectivity index (χ1v) is 12.3. The zero-order valence-corrected chi connectivity index (χ0v) is 20.4. The molecule has 1 unspecified atom stereocenters. The minimum absolute atomic E-state index is 0.00142. The van der Waals surface area contributed by atoms with Crippen molar-refractivity contribution in [3.63, 3.8) is 0 Å². The van der Waals surface area contributed by atoms with Crippen LogP contribution < -0.4 is 5.32 Å². The summed E-state index contributed by atoms with van der Waals surface area (Å²) in [6.45, 7) is 4.59. The molecule has 36 heavy (non-hydrogen) atoms. The van der Waals surface area contributed by atoms with Gasteiger partial charge in [-0.05, 0) is 47.2 Å². The molecule has 7 heteroatoms. The number of hydrogen-bond acceptors (Lipinski definition) is 4. The highest BCUT2D eigenvalue weighted by molar-refractivity contribution is 6.03. The average Bonchev–Trinajstić information content (AvgIpc) is 3.52. The lowest BCUT2D eigenvalue weighted by atomic mass is 9.98. The van der Waals surface area contributed by atoms with Crippen molar-refractivity contribution in [1.29, 1.82) is 0 Å². The first kappa shape index (κ1) is 25.0. The van der Waals surface area contributed by atoms with Crippen molar-refractivity contribution in [1.82, 2.24) is 4.90 Å². The Morgan fingerprint density at radius 3 is 2.14 bits per heavy atom. The number of benzene rings is 3. The van der Waals surface area contributed by atoms with Crippen LogP contribution in [0.2, 0.25) is 0 Å². The number of ether oxygens (including phenoxy) is 1. The highest BCUT2D eigenvalue weighted by Crippen LogP contribution is 2.44. The molecule has 0 spiro atoms. The van der Waals surface area contributed by atoms with E-state index in [1.165, 1.54) is 17.0 Å². The molecule has 0 saturated carbocycles. The number of hydrogen-bond donors (Lipinski definition) is 2.